The Balaban J connectivity index is 1.87. The zero-order chi connectivity index (χ0) is 10.7. The van der Waals surface area contributed by atoms with Crippen LogP contribution in [-0.2, 0) is 0 Å². The maximum atomic E-state index is 5.74. The normalized spacial score (nSPS) is 24.9. The van der Waals surface area contributed by atoms with Crippen molar-refractivity contribution in [2.24, 2.45) is 5.92 Å². The summed E-state index contributed by atoms with van der Waals surface area (Å²) in [6.07, 6.45) is 5.43. The molecule has 2 unspecified atom stereocenters. The highest BCUT2D eigenvalue weighted by molar-refractivity contribution is 5.43. The van der Waals surface area contributed by atoms with E-state index in [2.05, 4.69) is 37.4 Å². The first kappa shape index (κ1) is 10.5. The van der Waals surface area contributed by atoms with Gasteiger partial charge in [0.25, 0.3) is 0 Å². The van der Waals surface area contributed by atoms with E-state index in [4.69, 9.17) is 4.42 Å². The van der Waals surface area contributed by atoms with Gasteiger partial charge in [-0.15, -0.1) is 0 Å². The summed E-state index contributed by atoms with van der Waals surface area (Å²) in [7, 11) is 0. The fraction of sp³-hybridized carbons (Fsp3) is 0.538. The predicted molar refractivity (Wildman–Crippen MR) is 62.8 cm³/mol. The third kappa shape index (κ3) is 2.72. The first-order valence-electron chi connectivity index (χ1n) is 5.78. The molecule has 1 heterocycles. The lowest BCUT2D eigenvalue weighted by atomic mass is 10.3. The summed E-state index contributed by atoms with van der Waals surface area (Å²) in [5, 5.41) is 3.24. The second kappa shape index (κ2) is 4.67. The first-order chi connectivity index (χ1) is 7.31. The Morgan fingerprint density at radius 3 is 3.00 bits per heavy atom. The van der Waals surface area contributed by atoms with Gasteiger partial charge < -0.3 is 9.73 Å². The Kier molecular flexibility index (Phi) is 3.27. The molecule has 0 saturated heterocycles. The van der Waals surface area contributed by atoms with Gasteiger partial charge in [-0.25, -0.2) is 0 Å². The van der Waals surface area contributed by atoms with Gasteiger partial charge in [0.2, 0.25) is 0 Å². The van der Waals surface area contributed by atoms with Gasteiger partial charge in [-0.1, -0.05) is 19.9 Å². The van der Waals surface area contributed by atoms with Crippen molar-refractivity contribution in [2.75, 3.05) is 13.1 Å². The summed E-state index contributed by atoms with van der Waals surface area (Å²) in [5.74, 6) is 3.63. The number of nitrogens with one attached hydrogen (secondary N) is 1. The zero-order valence-corrected chi connectivity index (χ0v) is 9.49. The van der Waals surface area contributed by atoms with Crippen LogP contribution in [0.5, 0.6) is 0 Å². The van der Waals surface area contributed by atoms with Crippen molar-refractivity contribution in [3.8, 4) is 0 Å². The van der Waals surface area contributed by atoms with Crippen LogP contribution in [0.25, 0.3) is 6.08 Å². The Hall–Kier alpha value is -1.02. The SMILES string of the molecule is CCNCC=Cc1ccc(C2CC2C)o1. The number of rotatable bonds is 5. The zero-order valence-electron chi connectivity index (χ0n) is 9.49. The molecule has 0 amide bonds. The minimum absolute atomic E-state index is 0.681. The Labute approximate surface area is 91.4 Å². The Morgan fingerprint density at radius 2 is 2.33 bits per heavy atom. The van der Waals surface area contributed by atoms with Gasteiger partial charge in [0.1, 0.15) is 11.5 Å². The summed E-state index contributed by atoms with van der Waals surface area (Å²) in [5.41, 5.74) is 0. The number of hydrogen-bond donors (Lipinski definition) is 1. The maximum Gasteiger partial charge on any atom is 0.126 e. The highest BCUT2D eigenvalue weighted by Gasteiger charge is 2.36. The lowest BCUT2D eigenvalue weighted by Gasteiger charge is -1.92. The summed E-state index contributed by atoms with van der Waals surface area (Å²) in [4.78, 5) is 0. The molecule has 1 aliphatic carbocycles. The lowest BCUT2D eigenvalue weighted by Crippen LogP contribution is -2.11. The molecular formula is C13H19NO. The molecular weight excluding hydrogens is 186 g/mol. The topological polar surface area (TPSA) is 25.2 Å². The van der Waals surface area contributed by atoms with Crippen molar-refractivity contribution in [2.45, 2.75) is 26.2 Å². The van der Waals surface area contributed by atoms with E-state index in [1.807, 2.05) is 6.08 Å². The van der Waals surface area contributed by atoms with Gasteiger partial charge in [0.15, 0.2) is 0 Å². The molecule has 1 aromatic rings. The van der Waals surface area contributed by atoms with E-state index in [-0.39, 0.29) is 0 Å². The highest BCUT2D eigenvalue weighted by Crippen LogP contribution is 2.47. The monoisotopic (exact) mass is 205 g/mol. The van der Waals surface area contributed by atoms with Crippen LogP contribution in [-0.4, -0.2) is 13.1 Å². The van der Waals surface area contributed by atoms with Crippen LogP contribution in [0.15, 0.2) is 22.6 Å². The molecule has 1 saturated carbocycles. The summed E-state index contributed by atoms with van der Waals surface area (Å²) < 4.78 is 5.74. The van der Waals surface area contributed by atoms with Crippen molar-refractivity contribution < 1.29 is 4.42 Å². The smallest absolute Gasteiger partial charge is 0.126 e. The third-order valence-corrected chi connectivity index (χ3v) is 2.92. The van der Waals surface area contributed by atoms with Crippen LogP contribution in [0.2, 0.25) is 0 Å². The molecule has 82 valence electrons. The molecule has 0 aromatic carbocycles. The molecule has 1 aromatic heterocycles. The molecule has 15 heavy (non-hydrogen) atoms. The van der Waals surface area contributed by atoms with E-state index in [9.17, 15) is 0 Å². The van der Waals surface area contributed by atoms with Gasteiger partial charge in [0, 0.05) is 12.5 Å². The molecule has 0 aliphatic heterocycles. The average Bonchev–Trinajstić information content (AvgIpc) is 2.80. The van der Waals surface area contributed by atoms with E-state index in [0.29, 0.717) is 5.92 Å². The Bertz CT molecular complexity index is 340. The first-order valence-corrected chi connectivity index (χ1v) is 5.78. The van der Waals surface area contributed by atoms with E-state index in [0.717, 1.165) is 30.5 Å². The lowest BCUT2D eigenvalue weighted by molar-refractivity contribution is 0.497. The highest BCUT2D eigenvalue weighted by atomic mass is 16.3. The molecule has 2 rings (SSSR count). The van der Waals surface area contributed by atoms with Crippen LogP contribution in [0, 0.1) is 5.92 Å². The van der Waals surface area contributed by atoms with Crippen molar-refractivity contribution in [1.29, 1.82) is 0 Å². The van der Waals surface area contributed by atoms with Crippen molar-refractivity contribution in [3.63, 3.8) is 0 Å². The van der Waals surface area contributed by atoms with E-state index in [1.165, 1.54) is 6.42 Å². The van der Waals surface area contributed by atoms with Gasteiger partial charge in [0.05, 0.1) is 0 Å². The average molecular weight is 205 g/mol. The van der Waals surface area contributed by atoms with Crippen molar-refractivity contribution in [3.05, 3.63) is 29.7 Å². The van der Waals surface area contributed by atoms with Gasteiger partial charge >= 0.3 is 0 Å². The molecule has 0 radical (unpaired) electrons. The van der Waals surface area contributed by atoms with E-state index < -0.39 is 0 Å². The minimum Gasteiger partial charge on any atom is -0.461 e. The third-order valence-electron chi connectivity index (χ3n) is 2.92. The van der Waals surface area contributed by atoms with Gasteiger partial charge in [-0.05, 0) is 37.1 Å². The molecule has 2 heteroatoms. The van der Waals surface area contributed by atoms with Crippen molar-refractivity contribution >= 4 is 6.08 Å². The molecule has 0 bridgehead atoms. The second-order valence-electron chi connectivity index (χ2n) is 4.27. The maximum absolute atomic E-state index is 5.74. The summed E-state index contributed by atoms with van der Waals surface area (Å²) in [6, 6.07) is 4.17. The molecule has 1 fully saturated rings. The summed E-state index contributed by atoms with van der Waals surface area (Å²) >= 11 is 0. The molecule has 1 aliphatic rings. The standard InChI is InChI=1S/C13H19NO/c1-3-14-8-4-5-11-6-7-13(15-11)12-9-10(12)2/h4-7,10,12,14H,3,8-9H2,1-2H3. The van der Waals surface area contributed by atoms with Crippen LogP contribution < -0.4 is 5.32 Å². The van der Waals surface area contributed by atoms with E-state index >= 15 is 0 Å². The summed E-state index contributed by atoms with van der Waals surface area (Å²) in [6.45, 7) is 6.29. The van der Waals surface area contributed by atoms with Gasteiger partial charge in [-0.3, -0.25) is 0 Å². The molecule has 1 N–H and O–H groups in total. The van der Waals surface area contributed by atoms with Gasteiger partial charge in [-0.2, -0.15) is 0 Å². The van der Waals surface area contributed by atoms with E-state index in [1.54, 1.807) is 0 Å². The largest absolute Gasteiger partial charge is 0.461 e. The van der Waals surface area contributed by atoms with Crippen LogP contribution in [0.3, 0.4) is 0 Å². The fourth-order valence-electron chi connectivity index (χ4n) is 1.78. The Morgan fingerprint density at radius 1 is 1.53 bits per heavy atom. The second-order valence-corrected chi connectivity index (χ2v) is 4.27. The predicted octanol–water partition coefficient (Wildman–Crippen LogP) is 3.03. The van der Waals surface area contributed by atoms with Crippen LogP contribution in [0.4, 0.5) is 0 Å². The molecule has 2 atom stereocenters. The molecule has 2 nitrogen and oxygen atoms in total. The number of furan rings is 1. The van der Waals surface area contributed by atoms with Crippen LogP contribution in [0.1, 0.15) is 37.7 Å². The minimum atomic E-state index is 0.681. The number of likely N-dealkylation sites (N-methyl/N-ethyl adjacent to an activating group) is 1. The quantitative estimate of drug-likeness (QED) is 0.747. The van der Waals surface area contributed by atoms with Crippen LogP contribution >= 0.6 is 0 Å². The number of hydrogen-bond acceptors (Lipinski definition) is 2. The van der Waals surface area contributed by atoms with Crippen molar-refractivity contribution in [1.82, 2.24) is 5.32 Å². The molecule has 0 spiro atoms. The fourth-order valence-corrected chi connectivity index (χ4v) is 1.78.